The second kappa shape index (κ2) is 8.82. The molecule has 0 radical (unpaired) electrons. The molecular formula is C24H21F3N4O. The lowest BCUT2D eigenvalue weighted by Crippen LogP contribution is -2.25. The molecule has 0 bridgehead atoms. The summed E-state index contributed by atoms with van der Waals surface area (Å²) < 4.78 is 41.9. The van der Waals surface area contributed by atoms with Gasteiger partial charge in [0.1, 0.15) is 5.65 Å². The van der Waals surface area contributed by atoms with E-state index in [0.717, 1.165) is 23.3 Å². The van der Waals surface area contributed by atoms with Gasteiger partial charge in [-0.25, -0.2) is 4.98 Å². The summed E-state index contributed by atoms with van der Waals surface area (Å²) in [7, 11) is 0. The molecule has 0 aliphatic heterocycles. The van der Waals surface area contributed by atoms with Crippen LogP contribution in [0.15, 0.2) is 73.3 Å². The van der Waals surface area contributed by atoms with E-state index < -0.39 is 17.7 Å². The highest BCUT2D eigenvalue weighted by Crippen LogP contribution is 2.34. The zero-order valence-corrected chi connectivity index (χ0v) is 17.3. The molecule has 1 unspecified atom stereocenters. The van der Waals surface area contributed by atoms with Crippen LogP contribution in [0.1, 0.15) is 40.3 Å². The van der Waals surface area contributed by atoms with E-state index in [1.807, 2.05) is 23.5 Å². The number of alkyl halides is 3. The third kappa shape index (κ3) is 4.64. The average Bonchev–Trinajstić information content (AvgIpc) is 3.21. The number of nitrogens with one attached hydrogen (secondary N) is 1. The molecule has 1 aromatic carbocycles. The van der Waals surface area contributed by atoms with Crippen molar-refractivity contribution in [1.82, 2.24) is 19.7 Å². The van der Waals surface area contributed by atoms with Gasteiger partial charge < -0.3 is 9.72 Å². The highest BCUT2D eigenvalue weighted by Gasteiger charge is 2.32. The summed E-state index contributed by atoms with van der Waals surface area (Å²) in [6.07, 6.45) is 2.21. The smallest absolute Gasteiger partial charge is 0.352 e. The normalized spacial score (nSPS) is 12.6. The van der Waals surface area contributed by atoms with Gasteiger partial charge in [-0.2, -0.15) is 13.2 Å². The number of imidazole rings is 1. The predicted octanol–water partition coefficient (Wildman–Crippen LogP) is 4.89. The molecule has 8 heteroatoms. The number of amides is 1. The molecule has 164 valence electrons. The molecule has 1 amide bonds. The molecule has 0 aliphatic rings. The monoisotopic (exact) mass is 438 g/mol. The van der Waals surface area contributed by atoms with Gasteiger partial charge in [0, 0.05) is 43.7 Å². The van der Waals surface area contributed by atoms with E-state index in [9.17, 15) is 18.0 Å². The molecule has 32 heavy (non-hydrogen) atoms. The maximum absolute atomic E-state index is 13.3. The molecule has 1 atom stereocenters. The first-order chi connectivity index (χ1) is 15.3. The van der Waals surface area contributed by atoms with Crippen LogP contribution in [0, 0.1) is 6.92 Å². The van der Waals surface area contributed by atoms with Gasteiger partial charge in [0.25, 0.3) is 0 Å². The van der Waals surface area contributed by atoms with Gasteiger partial charge in [-0.05, 0) is 47.9 Å². The molecular weight excluding hydrogens is 417 g/mol. The quantitative estimate of drug-likeness (QED) is 0.466. The standard InChI is InChI=1S/C24H21F3N4O/c1-16-4-3-11-31-21(15-30-23(16)31)20(18-5-2-6-19(12-18)24(25,26)27)13-22(32)29-14-17-7-9-28-10-8-17/h2-12,15,20H,13-14H2,1H3,(H,29,32). The number of aryl methyl sites for hydroxylation is 1. The van der Waals surface area contributed by atoms with Crippen molar-refractivity contribution >= 4 is 11.6 Å². The number of nitrogens with zero attached hydrogens (tertiary/aromatic N) is 3. The average molecular weight is 438 g/mol. The van der Waals surface area contributed by atoms with Crippen LogP contribution in [0.5, 0.6) is 0 Å². The summed E-state index contributed by atoms with van der Waals surface area (Å²) in [4.78, 5) is 21.2. The molecule has 1 N–H and O–H groups in total. The first kappa shape index (κ1) is 21.5. The lowest BCUT2D eigenvalue weighted by Gasteiger charge is -2.19. The molecule has 5 nitrogen and oxygen atoms in total. The summed E-state index contributed by atoms with van der Waals surface area (Å²) in [5.74, 6) is -0.877. The van der Waals surface area contributed by atoms with Crippen molar-refractivity contribution in [2.75, 3.05) is 0 Å². The van der Waals surface area contributed by atoms with E-state index in [0.29, 0.717) is 23.4 Å². The van der Waals surface area contributed by atoms with E-state index in [1.54, 1.807) is 43.0 Å². The van der Waals surface area contributed by atoms with Crippen molar-refractivity contribution in [1.29, 1.82) is 0 Å². The second-order valence-electron chi connectivity index (χ2n) is 7.58. The van der Waals surface area contributed by atoms with Gasteiger partial charge in [-0.3, -0.25) is 9.78 Å². The SMILES string of the molecule is Cc1cccn2c(C(CC(=O)NCc3ccncc3)c3cccc(C(F)(F)F)c3)cnc12. The van der Waals surface area contributed by atoms with E-state index in [1.165, 1.54) is 6.07 Å². The Hall–Kier alpha value is -3.68. The number of carbonyl (C=O) groups excluding carboxylic acids is 1. The molecule has 3 aromatic heterocycles. The topological polar surface area (TPSA) is 59.3 Å². The van der Waals surface area contributed by atoms with E-state index in [-0.39, 0.29) is 12.3 Å². The van der Waals surface area contributed by atoms with Crippen LogP contribution in [-0.4, -0.2) is 20.3 Å². The number of halogens is 3. The van der Waals surface area contributed by atoms with Gasteiger partial charge in [-0.15, -0.1) is 0 Å². The van der Waals surface area contributed by atoms with Crippen molar-refractivity contribution < 1.29 is 18.0 Å². The Kier molecular flexibility index (Phi) is 5.94. The minimum atomic E-state index is -4.47. The minimum Gasteiger partial charge on any atom is -0.352 e. The highest BCUT2D eigenvalue weighted by molar-refractivity contribution is 5.77. The number of benzene rings is 1. The fourth-order valence-electron chi connectivity index (χ4n) is 3.71. The zero-order valence-electron chi connectivity index (χ0n) is 17.3. The first-order valence-corrected chi connectivity index (χ1v) is 10.1. The highest BCUT2D eigenvalue weighted by atomic mass is 19.4. The summed E-state index contributed by atoms with van der Waals surface area (Å²) in [5.41, 5.74) is 2.83. The zero-order chi connectivity index (χ0) is 22.7. The Morgan fingerprint density at radius 3 is 2.66 bits per heavy atom. The molecule has 0 spiro atoms. The van der Waals surface area contributed by atoms with Crippen LogP contribution in [-0.2, 0) is 17.5 Å². The van der Waals surface area contributed by atoms with Gasteiger partial charge in [-0.1, -0.05) is 24.3 Å². The van der Waals surface area contributed by atoms with E-state index in [4.69, 9.17) is 0 Å². The number of aromatic nitrogens is 3. The molecule has 4 aromatic rings. The lowest BCUT2D eigenvalue weighted by atomic mass is 9.91. The fraction of sp³-hybridized carbons (Fsp3) is 0.208. The number of fused-ring (bicyclic) bond motifs is 1. The number of hydrogen-bond acceptors (Lipinski definition) is 3. The van der Waals surface area contributed by atoms with Crippen LogP contribution < -0.4 is 5.32 Å². The summed E-state index contributed by atoms with van der Waals surface area (Å²) >= 11 is 0. The van der Waals surface area contributed by atoms with Gasteiger partial charge in [0.15, 0.2) is 0 Å². The number of hydrogen-bond donors (Lipinski definition) is 1. The molecule has 0 fully saturated rings. The van der Waals surface area contributed by atoms with Gasteiger partial charge in [0.05, 0.1) is 11.3 Å². The van der Waals surface area contributed by atoms with Crippen molar-refractivity contribution in [3.05, 3.63) is 101 Å². The van der Waals surface area contributed by atoms with E-state index in [2.05, 4.69) is 15.3 Å². The van der Waals surface area contributed by atoms with Gasteiger partial charge >= 0.3 is 6.18 Å². The van der Waals surface area contributed by atoms with Crippen LogP contribution in [0.2, 0.25) is 0 Å². The third-order valence-electron chi connectivity index (χ3n) is 5.36. The molecule has 3 heterocycles. The van der Waals surface area contributed by atoms with Crippen LogP contribution in [0.3, 0.4) is 0 Å². The largest absolute Gasteiger partial charge is 0.416 e. The summed E-state index contributed by atoms with van der Waals surface area (Å²) in [5, 5.41) is 2.85. The Bertz CT molecular complexity index is 1230. The molecule has 0 aliphatic carbocycles. The Labute approximate surface area is 183 Å². The maximum atomic E-state index is 13.3. The third-order valence-corrected chi connectivity index (χ3v) is 5.36. The lowest BCUT2D eigenvalue weighted by molar-refractivity contribution is -0.137. The van der Waals surface area contributed by atoms with Crippen LogP contribution in [0.25, 0.3) is 5.65 Å². The second-order valence-corrected chi connectivity index (χ2v) is 7.58. The molecule has 0 saturated heterocycles. The van der Waals surface area contributed by atoms with Crippen molar-refractivity contribution in [2.45, 2.75) is 32.0 Å². The van der Waals surface area contributed by atoms with Crippen molar-refractivity contribution in [2.24, 2.45) is 0 Å². The van der Waals surface area contributed by atoms with Crippen LogP contribution in [0.4, 0.5) is 13.2 Å². The van der Waals surface area contributed by atoms with Gasteiger partial charge in [0.2, 0.25) is 5.91 Å². The minimum absolute atomic E-state index is 0.0197. The Morgan fingerprint density at radius 1 is 1.12 bits per heavy atom. The molecule has 4 rings (SSSR count). The molecule has 0 saturated carbocycles. The summed E-state index contributed by atoms with van der Waals surface area (Å²) in [6, 6.07) is 12.5. The first-order valence-electron chi connectivity index (χ1n) is 10.1. The number of carbonyl (C=O) groups is 1. The predicted molar refractivity (Wildman–Crippen MR) is 114 cm³/mol. The Balaban J connectivity index is 1.68. The van der Waals surface area contributed by atoms with Crippen molar-refractivity contribution in [3.8, 4) is 0 Å². The van der Waals surface area contributed by atoms with Crippen LogP contribution >= 0.6 is 0 Å². The summed E-state index contributed by atoms with van der Waals surface area (Å²) in [6.45, 7) is 2.22. The fourth-order valence-corrected chi connectivity index (χ4v) is 3.71. The van der Waals surface area contributed by atoms with Crippen molar-refractivity contribution in [3.63, 3.8) is 0 Å². The maximum Gasteiger partial charge on any atom is 0.416 e. The number of pyridine rings is 2. The van der Waals surface area contributed by atoms with E-state index >= 15 is 0 Å². The Morgan fingerprint density at radius 2 is 1.91 bits per heavy atom. The number of rotatable bonds is 6.